The molecule has 0 bridgehead atoms. The molecule has 1 aromatic heterocycles. The number of carbonyl (C=O) groups is 2. The molecule has 2 aromatic rings. The first kappa shape index (κ1) is 17.2. The maximum absolute atomic E-state index is 12.4. The van der Waals surface area contributed by atoms with E-state index in [0.29, 0.717) is 34.2 Å². The summed E-state index contributed by atoms with van der Waals surface area (Å²) in [6.07, 6.45) is 2.45. The topological polar surface area (TPSA) is 97.8 Å². The van der Waals surface area contributed by atoms with Crippen LogP contribution in [0.3, 0.4) is 0 Å². The second-order valence-corrected chi connectivity index (χ2v) is 6.97. The van der Waals surface area contributed by atoms with E-state index in [2.05, 4.69) is 10.3 Å². The first-order valence-corrected chi connectivity index (χ1v) is 8.66. The molecule has 1 aliphatic rings. The summed E-state index contributed by atoms with van der Waals surface area (Å²) in [4.78, 5) is 28.5. The van der Waals surface area contributed by atoms with Crippen LogP contribution in [0, 0.1) is 0 Å². The van der Waals surface area contributed by atoms with Crippen LogP contribution in [0.1, 0.15) is 36.4 Å². The molecule has 1 aromatic carbocycles. The van der Waals surface area contributed by atoms with Crippen LogP contribution in [0.2, 0.25) is 0 Å². The molecule has 8 heteroatoms. The minimum Gasteiger partial charge on any atom is -0.480 e. The molecule has 1 aliphatic heterocycles. The summed E-state index contributed by atoms with van der Waals surface area (Å²) in [6, 6.07) is 5.44. The van der Waals surface area contributed by atoms with Gasteiger partial charge in [-0.2, -0.15) is 0 Å². The summed E-state index contributed by atoms with van der Waals surface area (Å²) < 4.78 is 10.6. The number of hydrogen-bond acceptors (Lipinski definition) is 6. The fourth-order valence-corrected chi connectivity index (χ4v) is 3.38. The first-order valence-electron chi connectivity index (χ1n) is 7.84. The molecule has 0 aliphatic carbocycles. The van der Waals surface area contributed by atoms with Crippen molar-refractivity contribution < 1.29 is 24.2 Å². The maximum Gasteiger partial charge on any atom is 0.329 e. The predicted octanol–water partition coefficient (Wildman–Crippen LogP) is 2.91. The van der Waals surface area contributed by atoms with Gasteiger partial charge in [0.05, 0.1) is 6.20 Å². The molecule has 2 N–H and O–H groups in total. The van der Waals surface area contributed by atoms with E-state index in [0.717, 1.165) is 5.56 Å². The molecule has 3 rings (SSSR count). The minimum atomic E-state index is -1.30. The number of aliphatic carboxylic acids is 1. The van der Waals surface area contributed by atoms with Crippen molar-refractivity contribution in [3.05, 3.63) is 29.3 Å². The Morgan fingerprint density at radius 1 is 1.36 bits per heavy atom. The Kier molecular flexibility index (Phi) is 4.63. The Balaban J connectivity index is 1.79. The molecule has 1 atom stereocenters. The van der Waals surface area contributed by atoms with Gasteiger partial charge in [-0.3, -0.25) is 4.79 Å². The molecule has 1 amide bonds. The number of carbonyl (C=O) groups excluding carboxylic acids is 1. The number of carboxylic acids is 1. The minimum absolute atomic E-state index is 0.190. The number of amides is 1. The van der Waals surface area contributed by atoms with Crippen LogP contribution < -0.4 is 14.8 Å². The monoisotopic (exact) mass is 362 g/mol. The largest absolute Gasteiger partial charge is 0.480 e. The van der Waals surface area contributed by atoms with E-state index in [1.165, 1.54) is 24.5 Å². The van der Waals surface area contributed by atoms with Gasteiger partial charge in [-0.05, 0) is 31.5 Å². The van der Waals surface area contributed by atoms with Crippen LogP contribution in [-0.2, 0) is 4.79 Å². The van der Waals surface area contributed by atoms with Crippen molar-refractivity contribution in [3.8, 4) is 22.1 Å². The fraction of sp³-hybridized carbons (Fsp3) is 0.353. The number of rotatable bonds is 6. The lowest BCUT2D eigenvalue weighted by Crippen LogP contribution is -2.51. The van der Waals surface area contributed by atoms with Gasteiger partial charge in [0, 0.05) is 5.56 Å². The standard InChI is InChI=1S/C17H18N2O5S/c1-3-6-17(2,16(21)22)19-14(20)13-8-18-15(25-13)10-4-5-11-12(7-10)24-9-23-11/h4-5,7-8H,3,6,9H2,1-2H3,(H,19,20)(H,21,22). The molecule has 2 heterocycles. The quantitative estimate of drug-likeness (QED) is 0.820. The maximum atomic E-state index is 12.4. The second-order valence-electron chi connectivity index (χ2n) is 5.94. The zero-order valence-electron chi connectivity index (χ0n) is 13.9. The highest BCUT2D eigenvalue weighted by atomic mass is 32.1. The fourth-order valence-electron chi connectivity index (χ4n) is 2.58. The Morgan fingerprint density at radius 3 is 2.84 bits per heavy atom. The summed E-state index contributed by atoms with van der Waals surface area (Å²) in [5.74, 6) is -0.179. The van der Waals surface area contributed by atoms with Crippen LogP contribution in [-0.4, -0.2) is 34.3 Å². The molecule has 0 radical (unpaired) electrons. The van der Waals surface area contributed by atoms with Gasteiger partial charge in [0.2, 0.25) is 6.79 Å². The van der Waals surface area contributed by atoms with Gasteiger partial charge in [-0.1, -0.05) is 13.3 Å². The van der Waals surface area contributed by atoms with Crippen molar-refractivity contribution in [2.75, 3.05) is 6.79 Å². The summed E-state index contributed by atoms with van der Waals surface area (Å²) in [7, 11) is 0. The molecule has 0 fully saturated rings. The van der Waals surface area contributed by atoms with Gasteiger partial charge in [0.25, 0.3) is 5.91 Å². The van der Waals surface area contributed by atoms with Crippen molar-refractivity contribution in [2.45, 2.75) is 32.2 Å². The summed E-state index contributed by atoms with van der Waals surface area (Å²) in [6.45, 7) is 3.57. The third kappa shape index (κ3) is 3.43. The van der Waals surface area contributed by atoms with E-state index in [1.54, 1.807) is 12.1 Å². The number of nitrogens with one attached hydrogen (secondary N) is 1. The highest BCUT2D eigenvalue weighted by molar-refractivity contribution is 7.16. The Labute approximate surface area is 148 Å². The lowest BCUT2D eigenvalue weighted by atomic mass is 9.96. The summed E-state index contributed by atoms with van der Waals surface area (Å²) >= 11 is 1.20. The van der Waals surface area contributed by atoms with Crippen molar-refractivity contribution >= 4 is 23.2 Å². The first-order chi connectivity index (χ1) is 11.9. The molecule has 132 valence electrons. The molecule has 25 heavy (non-hydrogen) atoms. The van der Waals surface area contributed by atoms with E-state index < -0.39 is 17.4 Å². The third-order valence-corrected chi connectivity index (χ3v) is 5.01. The normalized spacial score (nSPS) is 14.8. The molecular formula is C17H18N2O5S. The second kappa shape index (κ2) is 6.72. The van der Waals surface area contributed by atoms with Crippen molar-refractivity contribution in [2.24, 2.45) is 0 Å². The number of fused-ring (bicyclic) bond motifs is 1. The summed E-state index contributed by atoms with van der Waals surface area (Å²) in [5, 5.41) is 12.6. The van der Waals surface area contributed by atoms with Crippen LogP contribution in [0.5, 0.6) is 11.5 Å². The Hall–Kier alpha value is -2.61. The molecule has 0 saturated carbocycles. The van der Waals surface area contributed by atoms with Crippen LogP contribution in [0.25, 0.3) is 10.6 Å². The highest BCUT2D eigenvalue weighted by Crippen LogP contribution is 2.37. The van der Waals surface area contributed by atoms with Crippen LogP contribution in [0.15, 0.2) is 24.4 Å². The van der Waals surface area contributed by atoms with Gasteiger partial charge < -0.3 is 19.9 Å². The van der Waals surface area contributed by atoms with Crippen LogP contribution in [0.4, 0.5) is 0 Å². The smallest absolute Gasteiger partial charge is 0.329 e. The molecule has 7 nitrogen and oxygen atoms in total. The van der Waals surface area contributed by atoms with E-state index in [9.17, 15) is 14.7 Å². The van der Waals surface area contributed by atoms with Crippen molar-refractivity contribution in [1.82, 2.24) is 10.3 Å². The number of carboxylic acid groups (broad SMARTS) is 1. The van der Waals surface area contributed by atoms with Crippen molar-refractivity contribution in [1.29, 1.82) is 0 Å². The number of ether oxygens (including phenoxy) is 2. The Bertz CT molecular complexity index is 819. The number of benzene rings is 1. The molecule has 0 spiro atoms. The zero-order chi connectivity index (χ0) is 18.0. The highest BCUT2D eigenvalue weighted by Gasteiger charge is 2.34. The van der Waals surface area contributed by atoms with Gasteiger partial charge in [0.15, 0.2) is 11.5 Å². The van der Waals surface area contributed by atoms with Crippen LogP contribution >= 0.6 is 11.3 Å². The lowest BCUT2D eigenvalue weighted by molar-refractivity contribution is -0.144. The molecular weight excluding hydrogens is 344 g/mol. The molecule has 1 unspecified atom stereocenters. The number of thiazole rings is 1. The van der Waals surface area contributed by atoms with E-state index in [4.69, 9.17) is 9.47 Å². The van der Waals surface area contributed by atoms with E-state index in [-0.39, 0.29) is 6.79 Å². The summed E-state index contributed by atoms with van der Waals surface area (Å²) in [5.41, 5.74) is -0.489. The number of aromatic nitrogens is 1. The van der Waals surface area contributed by atoms with Gasteiger partial charge in [-0.25, -0.2) is 9.78 Å². The number of nitrogens with zero attached hydrogens (tertiary/aromatic N) is 1. The van der Waals surface area contributed by atoms with Gasteiger partial charge >= 0.3 is 5.97 Å². The zero-order valence-corrected chi connectivity index (χ0v) is 14.7. The third-order valence-electron chi connectivity index (χ3n) is 3.96. The predicted molar refractivity (Wildman–Crippen MR) is 92.1 cm³/mol. The van der Waals surface area contributed by atoms with E-state index >= 15 is 0 Å². The molecule has 0 saturated heterocycles. The lowest BCUT2D eigenvalue weighted by Gasteiger charge is -2.25. The SMILES string of the molecule is CCCC(C)(NC(=O)c1cnc(-c2ccc3c(c2)OCO3)s1)C(=O)O. The Morgan fingerprint density at radius 2 is 2.12 bits per heavy atom. The number of hydrogen-bond donors (Lipinski definition) is 2. The average Bonchev–Trinajstić information content (AvgIpc) is 3.23. The van der Waals surface area contributed by atoms with E-state index in [1.807, 2.05) is 13.0 Å². The van der Waals surface area contributed by atoms with Gasteiger partial charge in [0.1, 0.15) is 15.4 Å². The average molecular weight is 362 g/mol. The van der Waals surface area contributed by atoms with Gasteiger partial charge in [-0.15, -0.1) is 11.3 Å². The van der Waals surface area contributed by atoms with Crippen molar-refractivity contribution in [3.63, 3.8) is 0 Å².